The fraction of sp³-hybridized carbons (Fsp3) is 0.915. The molecule has 0 aromatic carbocycles. The van der Waals surface area contributed by atoms with E-state index in [2.05, 4.69) is 45.8 Å². The van der Waals surface area contributed by atoms with Crippen LogP contribution in [0.4, 0.5) is 0 Å². The molecule has 0 aromatic heterocycles. The number of rotatable bonds is 41. The second-order valence-electron chi connectivity index (χ2n) is 15.2. The Bertz CT molecular complexity index is 679. The largest absolute Gasteiger partial charge is 0.495 e. The quantitative estimate of drug-likeness (QED) is 0.0504. The zero-order valence-corrected chi connectivity index (χ0v) is 36.0. The maximum atomic E-state index is 9.65. The minimum absolute atomic E-state index is 0.241. The number of nitrogens with zero attached hydrogens (tertiary/aromatic N) is 1. The van der Waals surface area contributed by atoms with Crippen molar-refractivity contribution in [3.05, 3.63) is 24.7 Å². The van der Waals surface area contributed by atoms with Crippen molar-refractivity contribution >= 4 is 0 Å². The standard InChI is InChI=1S/C45H89NO3.C2H6/c1-7-11-14-17-20-27-35-44(32-10-4)48-42(5)33-25-23-30-38-46(40-41-47)39-31-24-26-34-43(6)49-45(36-28-21-18-15-12-8-2)37-29-22-19-16-13-9-3;1-2/h44-45,47H,5-41H2,1-4H3;1-2H3. The van der Waals surface area contributed by atoms with Crippen molar-refractivity contribution in [1.82, 2.24) is 4.90 Å². The molecule has 0 fully saturated rings. The SMILES string of the molecule is C=C(CCCCCN(CCO)CCCCCC(=C)OC(CCCCCCCC)CCCCCCCC)OC(CCC)CCCCCCCC.CC. The summed E-state index contributed by atoms with van der Waals surface area (Å²) in [7, 11) is 0. The monoisotopic (exact) mass is 722 g/mol. The van der Waals surface area contributed by atoms with Gasteiger partial charge in [-0.2, -0.15) is 0 Å². The number of aliphatic hydroxyl groups is 1. The van der Waals surface area contributed by atoms with Gasteiger partial charge in [-0.3, -0.25) is 0 Å². The second-order valence-corrected chi connectivity index (χ2v) is 15.2. The van der Waals surface area contributed by atoms with E-state index in [1.54, 1.807) is 0 Å². The van der Waals surface area contributed by atoms with Crippen LogP contribution in [0.15, 0.2) is 24.7 Å². The second kappa shape index (κ2) is 43.4. The highest BCUT2D eigenvalue weighted by molar-refractivity contribution is 4.85. The molecule has 0 rings (SSSR count). The number of ether oxygens (including phenoxy) is 2. The summed E-state index contributed by atoms with van der Waals surface area (Å²) in [4.78, 5) is 2.45. The molecule has 0 aromatic rings. The summed E-state index contributed by atoms with van der Waals surface area (Å²) in [5.41, 5.74) is 0. The van der Waals surface area contributed by atoms with Crippen molar-refractivity contribution in [3.8, 4) is 0 Å². The fourth-order valence-electron chi connectivity index (χ4n) is 7.04. The van der Waals surface area contributed by atoms with Crippen molar-refractivity contribution in [2.24, 2.45) is 0 Å². The van der Waals surface area contributed by atoms with Crippen LogP contribution >= 0.6 is 0 Å². The summed E-state index contributed by atoms with van der Waals surface area (Å²) < 4.78 is 12.8. The Morgan fingerprint density at radius 3 is 1.12 bits per heavy atom. The van der Waals surface area contributed by atoms with Gasteiger partial charge in [0.2, 0.25) is 0 Å². The Kier molecular flexibility index (Phi) is 44.3. The van der Waals surface area contributed by atoms with E-state index in [1.807, 2.05) is 13.8 Å². The highest BCUT2D eigenvalue weighted by atomic mass is 16.5. The molecule has 4 heteroatoms. The van der Waals surface area contributed by atoms with Gasteiger partial charge in [0, 0.05) is 19.4 Å². The topological polar surface area (TPSA) is 41.9 Å². The molecular formula is C47H95NO3. The minimum Gasteiger partial charge on any atom is -0.495 e. The summed E-state index contributed by atoms with van der Waals surface area (Å²) >= 11 is 0. The predicted octanol–water partition coefficient (Wildman–Crippen LogP) is 15.3. The van der Waals surface area contributed by atoms with E-state index >= 15 is 0 Å². The van der Waals surface area contributed by atoms with Crippen LogP contribution in [0.2, 0.25) is 0 Å². The minimum atomic E-state index is 0.241. The Morgan fingerprint density at radius 1 is 0.431 bits per heavy atom. The number of unbranched alkanes of at least 4 members (excludes halogenated alkanes) is 19. The lowest BCUT2D eigenvalue weighted by Gasteiger charge is -2.22. The van der Waals surface area contributed by atoms with Gasteiger partial charge >= 0.3 is 0 Å². The number of aliphatic hydroxyl groups excluding tert-OH is 1. The van der Waals surface area contributed by atoms with E-state index in [9.17, 15) is 5.11 Å². The predicted molar refractivity (Wildman–Crippen MR) is 229 cm³/mol. The molecule has 1 atom stereocenters. The van der Waals surface area contributed by atoms with Gasteiger partial charge in [-0.1, -0.05) is 170 Å². The van der Waals surface area contributed by atoms with E-state index in [4.69, 9.17) is 9.47 Å². The van der Waals surface area contributed by atoms with Crippen molar-refractivity contribution in [3.63, 3.8) is 0 Å². The van der Waals surface area contributed by atoms with Crippen LogP contribution in [-0.2, 0) is 9.47 Å². The Labute approximate surface area is 322 Å². The summed E-state index contributed by atoms with van der Waals surface area (Å²) in [5.74, 6) is 1.99. The highest BCUT2D eigenvalue weighted by Gasteiger charge is 2.13. The number of hydrogen-bond acceptors (Lipinski definition) is 4. The van der Waals surface area contributed by atoms with Gasteiger partial charge in [0.25, 0.3) is 0 Å². The molecule has 4 nitrogen and oxygen atoms in total. The van der Waals surface area contributed by atoms with Gasteiger partial charge in [-0.25, -0.2) is 0 Å². The third-order valence-corrected chi connectivity index (χ3v) is 10.2. The van der Waals surface area contributed by atoms with Crippen LogP contribution in [0.1, 0.15) is 241 Å². The highest BCUT2D eigenvalue weighted by Crippen LogP contribution is 2.22. The van der Waals surface area contributed by atoms with Gasteiger partial charge in [0.1, 0.15) is 0 Å². The fourth-order valence-corrected chi connectivity index (χ4v) is 7.04. The van der Waals surface area contributed by atoms with Crippen LogP contribution in [0.25, 0.3) is 0 Å². The van der Waals surface area contributed by atoms with Gasteiger partial charge in [0.15, 0.2) is 0 Å². The maximum absolute atomic E-state index is 9.65. The van der Waals surface area contributed by atoms with Gasteiger partial charge < -0.3 is 19.5 Å². The molecule has 0 saturated heterocycles. The van der Waals surface area contributed by atoms with Crippen molar-refractivity contribution in [2.45, 2.75) is 253 Å². The van der Waals surface area contributed by atoms with Gasteiger partial charge in [-0.05, 0) is 83.7 Å². The molecule has 1 unspecified atom stereocenters. The first-order valence-corrected chi connectivity index (χ1v) is 23.0. The summed E-state index contributed by atoms with van der Waals surface area (Å²) in [6, 6.07) is 0. The summed E-state index contributed by atoms with van der Waals surface area (Å²) in [6.07, 6.45) is 39.7. The Balaban J connectivity index is 0. The lowest BCUT2D eigenvalue weighted by Crippen LogP contribution is -2.29. The van der Waals surface area contributed by atoms with E-state index in [-0.39, 0.29) is 6.61 Å². The molecule has 0 saturated carbocycles. The van der Waals surface area contributed by atoms with Gasteiger partial charge in [0.05, 0.1) is 30.3 Å². The zero-order valence-electron chi connectivity index (χ0n) is 36.0. The molecule has 0 heterocycles. The Morgan fingerprint density at radius 2 is 0.765 bits per heavy atom. The summed E-state index contributed by atoms with van der Waals surface area (Å²) in [6.45, 7) is 24.9. The molecule has 0 amide bonds. The lowest BCUT2D eigenvalue weighted by atomic mass is 10.0. The first-order chi connectivity index (χ1) is 25.0. The van der Waals surface area contributed by atoms with E-state index in [1.165, 1.54) is 167 Å². The van der Waals surface area contributed by atoms with Crippen LogP contribution in [0, 0.1) is 0 Å². The van der Waals surface area contributed by atoms with Gasteiger partial charge in [-0.15, -0.1) is 0 Å². The normalized spacial score (nSPS) is 11.9. The van der Waals surface area contributed by atoms with Crippen molar-refractivity contribution < 1.29 is 14.6 Å². The molecule has 0 aliphatic carbocycles. The third kappa shape index (κ3) is 38.5. The maximum Gasteiger partial charge on any atom is 0.0982 e. The van der Waals surface area contributed by atoms with Crippen LogP contribution < -0.4 is 0 Å². The van der Waals surface area contributed by atoms with Crippen LogP contribution in [-0.4, -0.2) is 48.5 Å². The first kappa shape index (κ1) is 52.1. The van der Waals surface area contributed by atoms with Crippen molar-refractivity contribution in [1.29, 1.82) is 0 Å². The van der Waals surface area contributed by atoms with Crippen LogP contribution in [0.5, 0.6) is 0 Å². The first-order valence-electron chi connectivity index (χ1n) is 23.0. The molecular weight excluding hydrogens is 627 g/mol. The number of hydrogen-bond donors (Lipinski definition) is 1. The number of allylic oxidation sites excluding steroid dienone is 2. The van der Waals surface area contributed by atoms with Crippen LogP contribution in [0.3, 0.4) is 0 Å². The third-order valence-electron chi connectivity index (χ3n) is 10.2. The summed E-state index contributed by atoms with van der Waals surface area (Å²) in [5, 5.41) is 9.65. The average Bonchev–Trinajstić information content (AvgIpc) is 3.13. The average molecular weight is 722 g/mol. The molecule has 0 aliphatic rings. The molecule has 0 aliphatic heterocycles. The molecule has 0 spiro atoms. The zero-order chi connectivity index (χ0) is 38.0. The molecule has 51 heavy (non-hydrogen) atoms. The molecule has 0 radical (unpaired) electrons. The Hall–Kier alpha value is -1.00. The molecule has 1 N–H and O–H groups in total. The lowest BCUT2D eigenvalue weighted by molar-refractivity contribution is 0.0894. The van der Waals surface area contributed by atoms with E-state index in [0.717, 1.165) is 63.3 Å². The molecule has 306 valence electrons. The van der Waals surface area contributed by atoms with E-state index in [0.29, 0.717) is 12.2 Å². The van der Waals surface area contributed by atoms with Crippen molar-refractivity contribution in [2.75, 3.05) is 26.2 Å². The molecule has 0 bridgehead atoms. The van der Waals surface area contributed by atoms with E-state index < -0.39 is 0 Å². The smallest absolute Gasteiger partial charge is 0.0982 e.